The maximum atomic E-state index is 8.68. The summed E-state index contributed by atoms with van der Waals surface area (Å²) in [7, 11) is 0. The molecule has 4 nitrogen and oxygen atoms in total. The first kappa shape index (κ1) is 7.71. The molecule has 0 aromatic rings. The predicted octanol–water partition coefficient (Wildman–Crippen LogP) is -1.21. The minimum absolute atomic E-state index is 0.0602. The van der Waals surface area contributed by atoms with Gasteiger partial charge in [-0.3, -0.25) is 0 Å². The number of aliphatic hydroxyl groups is 2. The number of aliphatic hydroxyl groups excluding tert-OH is 2. The van der Waals surface area contributed by atoms with E-state index in [9.17, 15) is 0 Å². The van der Waals surface area contributed by atoms with E-state index in [-0.39, 0.29) is 13.5 Å². The maximum Gasteiger partial charge on any atom is 0.175 e. The molecule has 0 saturated carbocycles. The Morgan fingerprint density at radius 2 is 1.60 bits per heavy atom. The second-order valence-corrected chi connectivity index (χ2v) is 2.46. The molecule has 0 aromatic carbocycles. The first-order valence-corrected chi connectivity index (χ1v) is 3.46. The highest BCUT2D eigenvalue weighted by Gasteiger charge is 2.22. The van der Waals surface area contributed by atoms with Crippen LogP contribution < -0.4 is 0 Å². The number of hydrogen-bond acceptors (Lipinski definition) is 3. The van der Waals surface area contributed by atoms with Gasteiger partial charge >= 0.3 is 0 Å². The maximum absolute atomic E-state index is 8.68. The smallest absolute Gasteiger partial charge is 0.175 e. The largest absolute Gasteiger partial charge is 0.376 e. The molecule has 2 N–H and O–H groups in total. The van der Waals surface area contributed by atoms with Gasteiger partial charge in [0.2, 0.25) is 0 Å². The Balaban J connectivity index is 2.49. The van der Waals surface area contributed by atoms with E-state index in [4.69, 9.17) is 22.4 Å². The number of hydrogen-bond donors (Lipinski definition) is 2. The standard InChI is InChI=1S/C5H10N2O2S/c8-3-6-1-2-7(4-9)5(6)10/h8-9H,1-4H2. The van der Waals surface area contributed by atoms with Crippen LogP contribution in [0.4, 0.5) is 0 Å². The van der Waals surface area contributed by atoms with Crippen molar-refractivity contribution in [2.24, 2.45) is 0 Å². The molecule has 1 aliphatic heterocycles. The van der Waals surface area contributed by atoms with E-state index in [2.05, 4.69) is 0 Å². The van der Waals surface area contributed by atoms with Gasteiger partial charge in [0.05, 0.1) is 0 Å². The van der Waals surface area contributed by atoms with E-state index in [1.54, 1.807) is 9.80 Å². The summed E-state index contributed by atoms with van der Waals surface area (Å²) in [6.07, 6.45) is 0. The lowest BCUT2D eigenvalue weighted by molar-refractivity contribution is 0.176. The molecule has 0 spiro atoms. The number of rotatable bonds is 2. The Hall–Kier alpha value is -0.390. The number of nitrogens with zero attached hydrogens (tertiary/aromatic N) is 2. The summed E-state index contributed by atoms with van der Waals surface area (Å²) >= 11 is 4.89. The Labute approximate surface area is 64.7 Å². The van der Waals surface area contributed by atoms with E-state index in [1.807, 2.05) is 0 Å². The second-order valence-electron chi connectivity index (χ2n) is 2.09. The van der Waals surface area contributed by atoms with Crippen LogP contribution >= 0.6 is 12.2 Å². The van der Waals surface area contributed by atoms with Crippen LogP contribution in [0, 0.1) is 0 Å². The summed E-state index contributed by atoms with van der Waals surface area (Å²) in [5, 5.41) is 17.9. The van der Waals surface area contributed by atoms with Crippen LogP contribution in [-0.2, 0) is 0 Å². The van der Waals surface area contributed by atoms with Crippen LogP contribution in [0.3, 0.4) is 0 Å². The molecule has 1 aliphatic rings. The molecule has 0 atom stereocenters. The molecule has 0 aromatic heterocycles. The van der Waals surface area contributed by atoms with Gasteiger partial charge in [0.15, 0.2) is 5.11 Å². The predicted molar refractivity (Wildman–Crippen MR) is 40.2 cm³/mol. The summed E-state index contributed by atoms with van der Waals surface area (Å²) in [6.45, 7) is 1.29. The van der Waals surface area contributed by atoms with Crippen molar-refractivity contribution in [3.8, 4) is 0 Å². The van der Waals surface area contributed by atoms with Gasteiger partial charge in [-0.1, -0.05) is 0 Å². The molecule has 10 heavy (non-hydrogen) atoms. The summed E-state index contributed by atoms with van der Waals surface area (Å²) < 4.78 is 0. The molecule has 1 saturated heterocycles. The molecule has 0 amide bonds. The van der Waals surface area contributed by atoms with Crippen LogP contribution in [0.25, 0.3) is 0 Å². The highest BCUT2D eigenvalue weighted by Crippen LogP contribution is 2.05. The Bertz CT molecular complexity index is 128. The van der Waals surface area contributed by atoms with Crippen molar-refractivity contribution >= 4 is 17.3 Å². The number of thiocarbonyl (C=S) groups is 1. The zero-order valence-electron chi connectivity index (χ0n) is 5.53. The molecule has 0 aliphatic carbocycles. The van der Waals surface area contributed by atoms with Crippen molar-refractivity contribution in [3.05, 3.63) is 0 Å². The highest BCUT2D eigenvalue weighted by molar-refractivity contribution is 7.80. The fourth-order valence-corrected chi connectivity index (χ4v) is 1.19. The monoisotopic (exact) mass is 162 g/mol. The normalized spacial score (nSPS) is 18.8. The summed E-state index contributed by atoms with van der Waals surface area (Å²) in [4.78, 5) is 3.26. The van der Waals surface area contributed by atoms with Gasteiger partial charge in [-0.05, 0) is 12.2 Å². The third-order valence-corrected chi connectivity index (χ3v) is 2.04. The van der Waals surface area contributed by atoms with Crippen molar-refractivity contribution in [3.63, 3.8) is 0 Å². The molecule has 5 heteroatoms. The minimum Gasteiger partial charge on any atom is -0.376 e. The van der Waals surface area contributed by atoms with Crippen LogP contribution in [0.1, 0.15) is 0 Å². The second kappa shape index (κ2) is 3.14. The fourth-order valence-electron chi connectivity index (χ4n) is 0.895. The Kier molecular flexibility index (Phi) is 2.42. The molecule has 0 unspecified atom stereocenters. The van der Waals surface area contributed by atoms with Crippen LogP contribution in [0.2, 0.25) is 0 Å². The van der Waals surface area contributed by atoms with Crippen LogP contribution in [0.5, 0.6) is 0 Å². The molecule has 58 valence electrons. The molecular weight excluding hydrogens is 152 g/mol. The topological polar surface area (TPSA) is 46.9 Å². The van der Waals surface area contributed by atoms with Crippen molar-refractivity contribution < 1.29 is 10.2 Å². The van der Waals surface area contributed by atoms with Crippen molar-refractivity contribution in [1.82, 2.24) is 9.80 Å². The average Bonchev–Trinajstić information content (AvgIpc) is 2.30. The van der Waals surface area contributed by atoms with Gasteiger partial charge in [-0.2, -0.15) is 0 Å². The molecule has 1 fully saturated rings. The average molecular weight is 162 g/mol. The Morgan fingerprint density at radius 3 is 1.80 bits per heavy atom. The highest BCUT2D eigenvalue weighted by atomic mass is 32.1. The quantitative estimate of drug-likeness (QED) is 0.499. The van der Waals surface area contributed by atoms with E-state index in [1.165, 1.54) is 0 Å². The summed E-state index contributed by atoms with van der Waals surface area (Å²) in [5.41, 5.74) is 0. The lowest BCUT2D eigenvalue weighted by Crippen LogP contribution is -2.32. The van der Waals surface area contributed by atoms with Gasteiger partial charge in [-0.25, -0.2) is 0 Å². The van der Waals surface area contributed by atoms with Crippen molar-refractivity contribution in [2.45, 2.75) is 0 Å². The van der Waals surface area contributed by atoms with Gasteiger partial charge in [0.1, 0.15) is 13.5 Å². The van der Waals surface area contributed by atoms with E-state index >= 15 is 0 Å². The zero-order chi connectivity index (χ0) is 7.56. The first-order valence-electron chi connectivity index (χ1n) is 3.05. The van der Waals surface area contributed by atoms with E-state index < -0.39 is 0 Å². The summed E-state index contributed by atoms with van der Waals surface area (Å²) in [6, 6.07) is 0. The molecule has 1 rings (SSSR count). The van der Waals surface area contributed by atoms with Gasteiger partial charge in [-0.15, -0.1) is 0 Å². The Morgan fingerprint density at radius 1 is 1.20 bits per heavy atom. The molecule has 1 heterocycles. The third kappa shape index (κ3) is 1.21. The van der Waals surface area contributed by atoms with Crippen LogP contribution in [0.15, 0.2) is 0 Å². The summed E-state index contributed by atoms with van der Waals surface area (Å²) in [5.74, 6) is 0. The minimum atomic E-state index is -0.0602. The molecule has 0 bridgehead atoms. The van der Waals surface area contributed by atoms with Gasteiger partial charge in [0.25, 0.3) is 0 Å². The van der Waals surface area contributed by atoms with E-state index in [0.29, 0.717) is 18.2 Å². The van der Waals surface area contributed by atoms with Crippen LogP contribution in [-0.4, -0.2) is 51.7 Å². The first-order chi connectivity index (χ1) is 4.79. The SMILES string of the molecule is OCN1CCN(CO)C1=S. The lowest BCUT2D eigenvalue weighted by atomic mass is 10.6. The van der Waals surface area contributed by atoms with Gasteiger partial charge in [0, 0.05) is 13.1 Å². The fraction of sp³-hybridized carbons (Fsp3) is 0.800. The lowest BCUT2D eigenvalue weighted by Gasteiger charge is -2.16. The van der Waals surface area contributed by atoms with Gasteiger partial charge < -0.3 is 20.0 Å². The zero-order valence-corrected chi connectivity index (χ0v) is 6.34. The molecule has 0 radical (unpaired) electrons. The molecular formula is C5H10N2O2S. The van der Waals surface area contributed by atoms with Crippen molar-refractivity contribution in [1.29, 1.82) is 0 Å². The van der Waals surface area contributed by atoms with E-state index in [0.717, 1.165) is 0 Å². The van der Waals surface area contributed by atoms with Crippen molar-refractivity contribution in [2.75, 3.05) is 26.6 Å². The third-order valence-electron chi connectivity index (χ3n) is 1.52.